The van der Waals surface area contributed by atoms with E-state index in [2.05, 4.69) is 37.0 Å². The molecule has 98 valence electrons. The van der Waals surface area contributed by atoms with Gasteiger partial charge in [-0.2, -0.15) is 12.6 Å². The first-order valence-corrected chi connectivity index (χ1v) is 7.27. The average molecular weight is 263 g/mol. The first-order chi connectivity index (χ1) is 8.69. The number of carbonyl (C=O) groups excluding carboxylic acids is 1. The summed E-state index contributed by atoms with van der Waals surface area (Å²) in [5.41, 5.74) is 2.74. The molecule has 18 heavy (non-hydrogen) atoms. The monoisotopic (exact) mass is 263 g/mol. The molecule has 0 spiro atoms. The molecule has 0 atom stereocenters. The fourth-order valence-corrected chi connectivity index (χ4v) is 2.67. The summed E-state index contributed by atoms with van der Waals surface area (Å²) < 4.78 is 0. The second-order valence-corrected chi connectivity index (χ2v) is 5.55. The Kier molecular flexibility index (Phi) is 4.33. The number of nitrogens with one attached hydrogen (secondary N) is 1. The minimum Gasteiger partial charge on any atom is -0.352 e. The maximum Gasteiger partial charge on any atom is 0.220 e. The molecule has 2 rings (SSSR count). The average Bonchev–Trinajstić information content (AvgIpc) is 3.17. The SMILES string of the molecule is CCc1ccccc1CNC(=O)CC1(CS)CC1. The van der Waals surface area contributed by atoms with Crippen molar-refractivity contribution in [2.45, 2.75) is 39.2 Å². The number of rotatable bonds is 6. The minimum atomic E-state index is 0.160. The summed E-state index contributed by atoms with van der Waals surface area (Å²) in [4.78, 5) is 11.9. The lowest BCUT2D eigenvalue weighted by Crippen LogP contribution is -2.26. The Morgan fingerprint density at radius 3 is 2.56 bits per heavy atom. The summed E-state index contributed by atoms with van der Waals surface area (Å²) in [5, 5.41) is 3.03. The molecule has 1 aromatic carbocycles. The molecule has 1 N–H and O–H groups in total. The highest BCUT2D eigenvalue weighted by Gasteiger charge is 2.42. The van der Waals surface area contributed by atoms with Crippen molar-refractivity contribution in [2.75, 3.05) is 5.75 Å². The zero-order valence-electron chi connectivity index (χ0n) is 10.9. The number of hydrogen-bond donors (Lipinski definition) is 2. The van der Waals surface area contributed by atoms with Crippen molar-refractivity contribution in [1.82, 2.24) is 5.32 Å². The van der Waals surface area contributed by atoms with Crippen molar-refractivity contribution in [2.24, 2.45) is 5.41 Å². The van der Waals surface area contributed by atoms with Gasteiger partial charge in [-0.05, 0) is 41.6 Å². The molecule has 1 amide bonds. The lowest BCUT2D eigenvalue weighted by atomic mass is 10.0. The molecule has 1 fully saturated rings. The molecular weight excluding hydrogens is 242 g/mol. The summed E-state index contributed by atoms with van der Waals surface area (Å²) >= 11 is 4.33. The number of hydrogen-bond acceptors (Lipinski definition) is 2. The van der Waals surface area contributed by atoms with Crippen LogP contribution in [0.1, 0.15) is 37.3 Å². The van der Waals surface area contributed by atoms with Crippen molar-refractivity contribution < 1.29 is 4.79 Å². The molecule has 1 aliphatic carbocycles. The largest absolute Gasteiger partial charge is 0.352 e. The molecule has 0 aromatic heterocycles. The van der Waals surface area contributed by atoms with E-state index in [1.54, 1.807) is 0 Å². The number of aryl methyl sites for hydroxylation is 1. The third-order valence-electron chi connectivity index (χ3n) is 3.80. The van der Waals surface area contributed by atoms with Crippen LogP contribution in [0.15, 0.2) is 24.3 Å². The Hall–Kier alpha value is -0.960. The van der Waals surface area contributed by atoms with Gasteiger partial charge >= 0.3 is 0 Å². The number of benzene rings is 1. The van der Waals surface area contributed by atoms with E-state index in [0.29, 0.717) is 13.0 Å². The molecule has 0 heterocycles. The van der Waals surface area contributed by atoms with Gasteiger partial charge in [0, 0.05) is 13.0 Å². The molecule has 1 aliphatic rings. The van der Waals surface area contributed by atoms with Crippen LogP contribution >= 0.6 is 12.6 Å². The molecule has 1 saturated carbocycles. The number of carbonyl (C=O) groups is 1. The molecule has 2 nitrogen and oxygen atoms in total. The molecule has 0 radical (unpaired) electrons. The second kappa shape index (κ2) is 5.79. The number of thiol groups is 1. The van der Waals surface area contributed by atoms with Crippen LogP contribution in [0.2, 0.25) is 0 Å². The van der Waals surface area contributed by atoms with Crippen molar-refractivity contribution >= 4 is 18.5 Å². The Morgan fingerprint density at radius 1 is 1.33 bits per heavy atom. The summed E-state index contributed by atoms with van der Waals surface area (Å²) in [6, 6.07) is 8.28. The van der Waals surface area contributed by atoms with Crippen LogP contribution in [-0.4, -0.2) is 11.7 Å². The zero-order valence-corrected chi connectivity index (χ0v) is 11.8. The standard InChI is InChI=1S/C15H21NOS/c1-2-12-5-3-4-6-13(12)10-16-14(17)9-15(11-18)7-8-15/h3-6,18H,2,7-11H2,1H3,(H,16,17). The van der Waals surface area contributed by atoms with Crippen LogP contribution in [0.4, 0.5) is 0 Å². The fraction of sp³-hybridized carbons (Fsp3) is 0.533. The molecular formula is C15H21NOS. The highest BCUT2D eigenvalue weighted by Crippen LogP contribution is 2.49. The highest BCUT2D eigenvalue weighted by atomic mass is 32.1. The maximum atomic E-state index is 11.9. The Bertz CT molecular complexity index is 426. The van der Waals surface area contributed by atoms with Gasteiger partial charge in [-0.15, -0.1) is 0 Å². The molecule has 0 bridgehead atoms. The van der Waals surface area contributed by atoms with Gasteiger partial charge in [0.1, 0.15) is 0 Å². The van der Waals surface area contributed by atoms with Gasteiger partial charge in [0.25, 0.3) is 0 Å². The van der Waals surface area contributed by atoms with Gasteiger partial charge in [-0.1, -0.05) is 31.2 Å². The van der Waals surface area contributed by atoms with Crippen LogP contribution in [0.5, 0.6) is 0 Å². The van der Waals surface area contributed by atoms with Crippen LogP contribution in [-0.2, 0) is 17.8 Å². The highest BCUT2D eigenvalue weighted by molar-refractivity contribution is 7.80. The fourth-order valence-electron chi connectivity index (χ4n) is 2.24. The minimum absolute atomic E-state index is 0.160. The van der Waals surface area contributed by atoms with E-state index in [-0.39, 0.29) is 11.3 Å². The maximum absolute atomic E-state index is 11.9. The summed E-state index contributed by atoms with van der Waals surface area (Å²) in [6.45, 7) is 2.78. The Labute approximate surface area is 115 Å². The molecule has 0 saturated heterocycles. The van der Waals surface area contributed by atoms with E-state index in [1.165, 1.54) is 11.1 Å². The van der Waals surface area contributed by atoms with Gasteiger partial charge in [0.15, 0.2) is 0 Å². The topological polar surface area (TPSA) is 29.1 Å². The predicted molar refractivity (Wildman–Crippen MR) is 77.8 cm³/mol. The van der Waals surface area contributed by atoms with Gasteiger partial charge in [0.05, 0.1) is 0 Å². The third kappa shape index (κ3) is 3.29. The van der Waals surface area contributed by atoms with Gasteiger partial charge < -0.3 is 5.32 Å². The van der Waals surface area contributed by atoms with E-state index in [9.17, 15) is 4.79 Å². The second-order valence-electron chi connectivity index (χ2n) is 5.23. The van der Waals surface area contributed by atoms with Crippen molar-refractivity contribution in [1.29, 1.82) is 0 Å². The Balaban J connectivity index is 1.85. The van der Waals surface area contributed by atoms with Gasteiger partial charge in [0.2, 0.25) is 5.91 Å². The van der Waals surface area contributed by atoms with Crippen LogP contribution in [0, 0.1) is 5.41 Å². The lowest BCUT2D eigenvalue weighted by Gasteiger charge is -2.13. The van der Waals surface area contributed by atoms with Crippen molar-refractivity contribution in [3.63, 3.8) is 0 Å². The normalized spacial score (nSPS) is 16.3. The lowest BCUT2D eigenvalue weighted by molar-refractivity contribution is -0.122. The zero-order chi connectivity index (χ0) is 13.0. The molecule has 0 aliphatic heterocycles. The van der Waals surface area contributed by atoms with Gasteiger partial charge in [-0.3, -0.25) is 4.79 Å². The van der Waals surface area contributed by atoms with E-state index < -0.39 is 0 Å². The Morgan fingerprint density at radius 2 is 2.00 bits per heavy atom. The molecule has 1 aromatic rings. The van der Waals surface area contributed by atoms with E-state index in [1.807, 2.05) is 12.1 Å². The van der Waals surface area contributed by atoms with Gasteiger partial charge in [-0.25, -0.2) is 0 Å². The summed E-state index contributed by atoms with van der Waals surface area (Å²) in [5.74, 6) is 0.985. The smallest absolute Gasteiger partial charge is 0.220 e. The quantitative estimate of drug-likeness (QED) is 0.759. The first kappa shape index (κ1) is 13.5. The number of amides is 1. The van der Waals surface area contributed by atoms with Crippen molar-refractivity contribution in [3.05, 3.63) is 35.4 Å². The van der Waals surface area contributed by atoms with E-state index >= 15 is 0 Å². The molecule has 3 heteroatoms. The molecule has 0 unspecified atom stereocenters. The van der Waals surface area contributed by atoms with E-state index in [0.717, 1.165) is 25.0 Å². The van der Waals surface area contributed by atoms with Crippen LogP contribution < -0.4 is 5.32 Å². The third-order valence-corrected chi connectivity index (χ3v) is 4.47. The summed E-state index contributed by atoms with van der Waals surface area (Å²) in [6.07, 6.45) is 3.93. The summed E-state index contributed by atoms with van der Waals surface area (Å²) in [7, 11) is 0. The van der Waals surface area contributed by atoms with E-state index in [4.69, 9.17) is 0 Å². The van der Waals surface area contributed by atoms with Crippen LogP contribution in [0.3, 0.4) is 0 Å². The van der Waals surface area contributed by atoms with Crippen molar-refractivity contribution in [3.8, 4) is 0 Å². The van der Waals surface area contributed by atoms with Crippen LogP contribution in [0.25, 0.3) is 0 Å². The first-order valence-electron chi connectivity index (χ1n) is 6.63. The predicted octanol–water partition coefficient (Wildman–Crippen LogP) is 2.97.